The molecule has 2 aromatic rings. The molecule has 0 atom stereocenters. The first-order valence-electron chi connectivity index (χ1n) is 11.2. The number of nitrogens with two attached hydrogens (primary N) is 2. The number of rotatable bonds is 9. The van der Waals surface area contributed by atoms with Gasteiger partial charge in [-0.1, -0.05) is 48.6 Å². The van der Waals surface area contributed by atoms with Crippen molar-refractivity contribution in [2.75, 3.05) is 5.73 Å². The Morgan fingerprint density at radius 1 is 1.09 bits per heavy atom. The molecule has 7 N–H and O–H groups in total. The van der Waals surface area contributed by atoms with Crippen molar-refractivity contribution in [3.05, 3.63) is 70.8 Å². The van der Waals surface area contributed by atoms with Crippen molar-refractivity contribution in [1.29, 1.82) is 10.8 Å². The monoisotopic (exact) mass is 447 g/mol. The quantitative estimate of drug-likeness (QED) is 0.166. The highest BCUT2D eigenvalue weighted by Crippen LogP contribution is 2.22. The number of hydrogen-bond donors (Lipinski definition) is 5. The topological polar surface area (TPSA) is 112 Å². The van der Waals surface area contributed by atoms with Gasteiger partial charge in [0.2, 0.25) is 0 Å². The number of hydrogen-bond acceptors (Lipinski definition) is 6. The van der Waals surface area contributed by atoms with E-state index < -0.39 is 0 Å². The van der Waals surface area contributed by atoms with E-state index in [-0.39, 0.29) is 11.4 Å². The maximum atomic E-state index is 8.58. The largest absolute Gasteiger partial charge is 0.398 e. The molecule has 0 amide bonds. The molecule has 0 heterocycles. The molecule has 3 rings (SSSR count). The average molecular weight is 448 g/mol. The molecule has 5 nitrogen and oxygen atoms in total. The molecule has 32 heavy (non-hydrogen) atoms. The van der Waals surface area contributed by atoms with Crippen LogP contribution in [0.15, 0.2) is 48.5 Å². The molecule has 1 aliphatic rings. The van der Waals surface area contributed by atoms with Crippen molar-refractivity contribution in [2.24, 2.45) is 5.73 Å². The van der Waals surface area contributed by atoms with Crippen molar-refractivity contribution in [2.45, 2.75) is 57.7 Å². The van der Waals surface area contributed by atoms with Crippen LogP contribution >= 0.6 is 12.2 Å². The van der Waals surface area contributed by atoms with E-state index in [1.54, 1.807) is 11.4 Å². The zero-order chi connectivity index (χ0) is 23.1. The first-order valence-corrected chi connectivity index (χ1v) is 11.6. The summed E-state index contributed by atoms with van der Waals surface area (Å²) in [4.78, 5) is 0. The standard InChI is InChI=1S/C26H33N5S/c1-2-19(16-32)20-6-11-24(28)23(14-20)26(30)25(29)13-17-4-3-5-18(12-17)15-31-22-9-7-21(27)8-10-22/h2-6,11-12,14,16,21-22,29-31H,7-10,13,15,27-28H2,1H3. The lowest BCUT2D eigenvalue weighted by Gasteiger charge is -2.27. The van der Waals surface area contributed by atoms with Gasteiger partial charge in [0, 0.05) is 41.7 Å². The molecule has 0 aliphatic heterocycles. The third kappa shape index (κ3) is 6.19. The zero-order valence-corrected chi connectivity index (χ0v) is 19.5. The number of thiocarbonyl (C=S) groups is 1. The summed E-state index contributed by atoms with van der Waals surface area (Å²) in [6.07, 6.45) is 6.74. The number of benzene rings is 2. The van der Waals surface area contributed by atoms with Crippen LogP contribution in [0.3, 0.4) is 0 Å². The van der Waals surface area contributed by atoms with Crippen molar-refractivity contribution < 1.29 is 0 Å². The molecule has 0 radical (unpaired) electrons. The molecular weight excluding hydrogens is 414 g/mol. The molecule has 0 aromatic heterocycles. The number of nitrogen functional groups attached to an aromatic ring is 1. The predicted octanol–water partition coefficient (Wildman–Crippen LogP) is 4.66. The van der Waals surface area contributed by atoms with Crippen molar-refractivity contribution in [3.63, 3.8) is 0 Å². The highest BCUT2D eigenvalue weighted by Gasteiger charge is 2.18. The fourth-order valence-corrected chi connectivity index (χ4v) is 4.42. The van der Waals surface area contributed by atoms with E-state index >= 15 is 0 Å². The maximum Gasteiger partial charge on any atom is 0.0844 e. The van der Waals surface area contributed by atoms with Crippen LogP contribution < -0.4 is 16.8 Å². The van der Waals surface area contributed by atoms with Gasteiger partial charge in [0.1, 0.15) is 0 Å². The highest BCUT2D eigenvalue weighted by atomic mass is 32.1. The molecule has 1 aliphatic carbocycles. The summed E-state index contributed by atoms with van der Waals surface area (Å²) in [5, 5.41) is 22.4. The van der Waals surface area contributed by atoms with Crippen LogP contribution in [0.1, 0.15) is 54.9 Å². The first-order chi connectivity index (χ1) is 15.4. The van der Waals surface area contributed by atoms with Gasteiger partial charge in [0.25, 0.3) is 0 Å². The van der Waals surface area contributed by atoms with E-state index in [1.807, 2.05) is 37.3 Å². The molecule has 168 valence electrons. The average Bonchev–Trinajstić information content (AvgIpc) is 2.80. The van der Waals surface area contributed by atoms with Gasteiger partial charge in [0.15, 0.2) is 0 Å². The second-order valence-electron chi connectivity index (χ2n) is 8.51. The molecule has 6 heteroatoms. The Morgan fingerprint density at radius 2 is 1.81 bits per heavy atom. The Bertz CT molecular complexity index is 1020. The molecular formula is C26H33N5S. The summed E-state index contributed by atoms with van der Waals surface area (Å²) < 4.78 is 0. The fourth-order valence-electron chi connectivity index (χ4n) is 4.15. The molecule has 0 saturated heterocycles. The van der Waals surface area contributed by atoms with Gasteiger partial charge < -0.3 is 22.2 Å². The minimum atomic E-state index is 0.145. The van der Waals surface area contributed by atoms with E-state index in [9.17, 15) is 0 Å². The molecule has 2 aromatic carbocycles. The van der Waals surface area contributed by atoms with Gasteiger partial charge in [0.05, 0.1) is 11.4 Å². The Kier molecular flexibility index (Phi) is 8.45. The summed E-state index contributed by atoms with van der Waals surface area (Å²) in [7, 11) is 0. The third-order valence-corrected chi connectivity index (χ3v) is 6.39. The van der Waals surface area contributed by atoms with Gasteiger partial charge in [-0.15, -0.1) is 0 Å². The van der Waals surface area contributed by atoms with Crippen molar-refractivity contribution in [1.82, 2.24) is 5.32 Å². The number of nitrogens with one attached hydrogen (secondary N) is 3. The van der Waals surface area contributed by atoms with Gasteiger partial charge >= 0.3 is 0 Å². The third-order valence-electron chi connectivity index (χ3n) is 6.13. The minimum absolute atomic E-state index is 0.145. The predicted molar refractivity (Wildman–Crippen MR) is 140 cm³/mol. The summed E-state index contributed by atoms with van der Waals surface area (Å²) in [5.41, 5.74) is 17.6. The first kappa shape index (κ1) is 24.0. The second kappa shape index (κ2) is 11.3. The molecule has 1 saturated carbocycles. The summed E-state index contributed by atoms with van der Waals surface area (Å²) in [6, 6.07) is 14.6. The smallest absolute Gasteiger partial charge is 0.0844 e. The van der Waals surface area contributed by atoms with Crippen molar-refractivity contribution >= 4 is 40.3 Å². The lowest BCUT2D eigenvalue weighted by atomic mass is 9.91. The number of anilines is 1. The molecule has 0 spiro atoms. The summed E-state index contributed by atoms with van der Waals surface area (Å²) >= 11 is 5.08. The van der Waals surface area contributed by atoms with Crippen LogP contribution in [0.25, 0.3) is 5.57 Å². The van der Waals surface area contributed by atoms with Gasteiger partial charge in [-0.05, 0) is 67.0 Å². The molecule has 1 fully saturated rings. The van der Waals surface area contributed by atoms with E-state index in [0.717, 1.165) is 48.9 Å². The van der Waals surface area contributed by atoms with Crippen LogP contribution in [0, 0.1) is 10.8 Å². The lowest BCUT2D eigenvalue weighted by Crippen LogP contribution is -2.37. The van der Waals surface area contributed by atoms with Crippen LogP contribution in [-0.2, 0) is 13.0 Å². The van der Waals surface area contributed by atoms with Crippen LogP contribution in [0.4, 0.5) is 5.69 Å². The maximum absolute atomic E-state index is 8.58. The Labute approximate surface area is 196 Å². The Balaban J connectivity index is 1.65. The number of allylic oxidation sites excluding steroid dienone is 2. The SMILES string of the molecule is CC=C(C=S)c1ccc(N)c(C(=N)C(=N)Cc2cccc(CNC3CCC(N)CC3)c2)c1. The fraction of sp³-hybridized carbons (Fsp3) is 0.346. The molecule has 0 bridgehead atoms. The normalized spacial score (nSPS) is 18.9. The minimum Gasteiger partial charge on any atom is -0.398 e. The van der Waals surface area contributed by atoms with E-state index in [1.165, 1.54) is 5.56 Å². The van der Waals surface area contributed by atoms with E-state index in [2.05, 4.69) is 17.4 Å². The van der Waals surface area contributed by atoms with E-state index in [0.29, 0.717) is 29.8 Å². The van der Waals surface area contributed by atoms with Crippen LogP contribution in [-0.4, -0.2) is 28.9 Å². The van der Waals surface area contributed by atoms with E-state index in [4.69, 9.17) is 34.5 Å². The van der Waals surface area contributed by atoms with Crippen LogP contribution in [0.5, 0.6) is 0 Å². The van der Waals surface area contributed by atoms with Gasteiger partial charge in [-0.3, -0.25) is 5.41 Å². The second-order valence-corrected chi connectivity index (χ2v) is 8.74. The van der Waals surface area contributed by atoms with Gasteiger partial charge in [-0.25, -0.2) is 0 Å². The lowest BCUT2D eigenvalue weighted by molar-refractivity contribution is 0.342. The molecule has 0 unspecified atom stereocenters. The summed E-state index contributed by atoms with van der Waals surface area (Å²) in [6.45, 7) is 2.73. The zero-order valence-electron chi connectivity index (χ0n) is 18.7. The highest BCUT2D eigenvalue weighted by molar-refractivity contribution is 7.79. The van der Waals surface area contributed by atoms with Gasteiger partial charge in [-0.2, -0.15) is 0 Å². The summed E-state index contributed by atoms with van der Waals surface area (Å²) in [5.74, 6) is 0. The van der Waals surface area contributed by atoms with Crippen molar-refractivity contribution in [3.8, 4) is 0 Å². The Hall–Kier alpha value is -2.67. The van der Waals surface area contributed by atoms with Crippen LogP contribution in [0.2, 0.25) is 0 Å². The Morgan fingerprint density at radius 3 is 2.50 bits per heavy atom.